The van der Waals surface area contributed by atoms with E-state index in [9.17, 15) is 0 Å². The Kier molecular flexibility index (Phi) is 6.01. The number of hydrogen-bond donors (Lipinski definition) is 2. The summed E-state index contributed by atoms with van der Waals surface area (Å²) >= 11 is 0. The van der Waals surface area contributed by atoms with Crippen LogP contribution in [0.2, 0.25) is 0 Å². The van der Waals surface area contributed by atoms with Crippen molar-refractivity contribution in [2.24, 2.45) is 0 Å². The molecule has 47 heavy (non-hydrogen) atoms. The lowest BCUT2D eigenvalue weighted by atomic mass is 9.88. The van der Waals surface area contributed by atoms with Crippen LogP contribution in [0.1, 0.15) is 11.1 Å². The van der Waals surface area contributed by atoms with Gasteiger partial charge in [0.2, 0.25) is 0 Å². The Morgan fingerprint density at radius 1 is 0.489 bits per heavy atom. The molecular weight excluding hydrogens is 578 g/mol. The minimum Gasteiger partial charge on any atom is -0.456 e. The molecule has 0 amide bonds. The fourth-order valence-electron chi connectivity index (χ4n) is 6.44. The molecule has 1 aliphatic carbocycles. The van der Waals surface area contributed by atoms with Crippen molar-refractivity contribution in [2.45, 2.75) is 0 Å². The maximum Gasteiger partial charge on any atom is 0.164 e. The van der Waals surface area contributed by atoms with Crippen LogP contribution in [-0.2, 0) is 0 Å². The lowest BCUT2D eigenvalue weighted by Gasteiger charge is -2.16. The maximum absolute atomic E-state index is 8.71. The third-order valence-electron chi connectivity index (χ3n) is 8.79. The van der Waals surface area contributed by atoms with Crippen LogP contribution >= 0.6 is 0 Å². The number of hydrogen-bond acceptors (Lipinski definition) is 6. The first-order valence-corrected chi connectivity index (χ1v) is 15.4. The second-order valence-electron chi connectivity index (χ2n) is 11.6. The predicted octanol–water partition coefficient (Wildman–Crippen LogP) is 10.0. The van der Waals surface area contributed by atoms with Crippen LogP contribution in [0.3, 0.4) is 0 Å². The van der Waals surface area contributed by atoms with Gasteiger partial charge < -0.3 is 4.42 Å². The van der Waals surface area contributed by atoms with Crippen LogP contribution in [-0.4, -0.2) is 26.4 Å². The molecule has 0 saturated heterocycles. The van der Waals surface area contributed by atoms with E-state index in [2.05, 4.69) is 42.5 Å². The van der Waals surface area contributed by atoms with Crippen molar-refractivity contribution in [1.82, 2.24) is 15.0 Å². The average molecular weight is 604 g/mol. The molecule has 9 rings (SSSR count). The molecule has 0 aliphatic heterocycles. The predicted molar refractivity (Wildman–Crippen MR) is 190 cm³/mol. The third-order valence-corrected chi connectivity index (χ3v) is 8.79. The number of rotatable bonds is 4. The van der Waals surface area contributed by atoms with Crippen molar-refractivity contribution in [1.29, 1.82) is 10.8 Å². The van der Waals surface area contributed by atoms with Gasteiger partial charge >= 0.3 is 0 Å². The minimum absolute atomic E-state index is 0.194. The molecule has 2 heterocycles. The fraction of sp³-hybridized carbons (Fsp3) is 0. The van der Waals surface area contributed by atoms with Gasteiger partial charge in [0.15, 0.2) is 17.5 Å². The highest BCUT2D eigenvalue weighted by molar-refractivity contribution is 6.53. The van der Waals surface area contributed by atoms with Crippen molar-refractivity contribution in [3.05, 3.63) is 145 Å². The zero-order chi connectivity index (χ0) is 31.5. The van der Waals surface area contributed by atoms with E-state index in [1.54, 1.807) is 6.08 Å². The Hall–Kier alpha value is -6.53. The molecular formula is C41H25N5O. The summed E-state index contributed by atoms with van der Waals surface area (Å²) in [5.74, 6) is 1.62. The lowest BCUT2D eigenvalue weighted by Crippen LogP contribution is -2.16. The second kappa shape index (κ2) is 10.5. The number of fused-ring (bicyclic) bond motifs is 6. The number of nitrogens with zero attached hydrogens (tertiary/aromatic N) is 3. The van der Waals surface area contributed by atoms with Gasteiger partial charge in [0.05, 0.1) is 11.4 Å². The Labute approximate surface area is 269 Å². The van der Waals surface area contributed by atoms with E-state index in [4.69, 9.17) is 30.2 Å². The fourth-order valence-corrected chi connectivity index (χ4v) is 6.44. The second-order valence-corrected chi connectivity index (χ2v) is 11.6. The summed E-state index contributed by atoms with van der Waals surface area (Å²) in [6, 6.07) is 42.7. The first-order chi connectivity index (χ1) is 23.1. The van der Waals surface area contributed by atoms with E-state index in [1.807, 2.05) is 91.0 Å². The molecule has 0 spiro atoms. The molecule has 1 aliphatic rings. The summed E-state index contributed by atoms with van der Waals surface area (Å²) in [4.78, 5) is 15.2. The molecule has 0 unspecified atom stereocenters. The molecule has 2 aromatic heterocycles. The van der Waals surface area contributed by atoms with E-state index >= 15 is 0 Å². The highest BCUT2D eigenvalue weighted by Gasteiger charge is 2.20. The molecule has 2 N–H and O–H groups in total. The van der Waals surface area contributed by atoms with E-state index in [0.29, 0.717) is 17.5 Å². The number of para-hydroxylation sites is 1. The summed E-state index contributed by atoms with van der Waals surface area (Å²) in [6.45, 7) is 0. The highest BCUT2D eigenvalue weighted by atomic mass is 16.3. The summed E-state index contributed by atoms with van der Waals surface area (Å²) in [5, 5.41) is 20.8. The van der Waals surface area contributed by atoms with Crippen LogP contribution in [0.5, 0.6) is 0 Å². The molecule has 0 atom stereocenters. The molecule has 0 bridgehead atoms. The quantitative estimate of drug-likeness (QED) is 0.209. The minimum atomic E-state index is 0.194. The molecule has 0 saturated carbocycles. The number of furan rings is 1. The van der Waals surface area contributed by atoms with Gasteiger partial charge in [-0.3, -0.25) is 10.8 Å². The summed E-state index contributed by atoms with van der Waals surface area (Å²) in [6.07, 6.45) is 3.57. The molecule has 6 aromatic carbocycles. The van der Waals surface area contributed by atoms with Crippen LogP contribution in [0.15, 0.2) is 138 Å². The van der Waals surface area contributed by atoms with Crippen LogP contribution in [0.25, 0.3) is 84.1 Å². The van der Waals surface area contributed by atoms with Gasteiger partial charge in [0.1, 0.15) is 11.2 Å². The Balaban J connectivity index is 1.27. The lowest BCUT2D eigenvalue weighted by molar-refractivity contribution is 0.669. The zero-order valence-electron chi connectivity index (χ0n) is 25.0. The monoisotopic (exact) mass is 603 g/mol. The van der Waals surface area contributed by atoms with Crippen LogP contribution < -0.4 is 0 Å². The van der Waals surface area contributed by atoms with Gasteiger partial charge in [-0.05, 0) is 51.7 Å². The summed E-state index contributed by atoms with van der Waals surface area (Å²) in [7, 11) is 0. The smallest absolute Gasteiger partial charge is 0.164 e. The molecule has 220 valence electrons. The average Bonchev–Trinajstić information content (AvgIpc) is 3.52. The highest BCUT2D eigenvalue weighted by Crippen LogP contribution is 2.37. The van der Waals surface area contributed by atoms with Crippen LogP contribution in [0, 0.1) is 10.8 Å². The molecule has 0 radical (unpaired) electrons. The largest absolute Gasteiger partial charge is 0.456 e. The van der Waals surface area contributed by atoms with Gasteiger partial charge in [-0.2, -0.15) is 0 Å². The number of aromatic nitrogens is 3. The topological polar surface area (TPSA) is 99.5 Å². The van der Waals surface area contributed by atoms with Crippen molar-refractivity contribution >= 4 is 50.2 Å². The zero-order valence-corrected chi connectivity index (χ0v) is 25.0. The summed E-state index contributed by atoms with van der Waals surface area (Å²) in [5.41, 5.74) is 8.43. The molecule has 0 fully saturated rings. The van der Waals surface area contributed by atoms with Gasteiger partial charge in [0, 0.05) is 33.0 Å². The number of nitrogens with one attached hydrogen (secondary N) is 2. The van der Waals surface area contributed by atoms with Crippen molar-refractivity contribution in [3.8, 4) is 45.3 Å². The Morgan fingerprint density at radius 2 is 1.15 bits per heavy atom. The molecule has 8 aromatic rings. The van der Waals surface area contributed by atoms with Gasteiger partial charge in [-0.1, -0.05) is 115 Å². The van der Waals surface area contributed by atoms with Crippen molar-refractivity contribution in [2.75, 3.05) is 0 Å². The van der Waals surface area contributed by atoms with Gasteiger partial charge in [0.25, 0.3) is 0 Å². The normalized spacial score (nSPS) is 12.7. The van der Waals surface area contributed by atoms with Crippen molar-refractivity contribution in [3.63, 3.8) is 0 Å². The Bertz CT molecular complexity index is 2600. The van der Waals surface area contributed by atoms with E-state index in [-0.39, 0.29) is 11.4 Å². The van der Waals surface area contributed by atoms with Gasteiger partial charge in [-0.25, -0.2) is 15.0 Å². The third kappa shape index (κ3) is 4.46. The Morgan fingerprint density at radius 3 is 2.00 bits per heavy atom. The summed E-state index contributed by atoms with van der Waals surface area (Å²) < 4.78 is 6.21. The first kappa shape index (κ1) is 26.8. The first-order valence-electron chi connectivity index (χ1n) is 15.4. The molecule has 6 nitrogen and oxygen atoms in total. The molecule has 6 heteroatoms. The number of benzene rings is 6. The maximum atomic E-state index is 8.71. The van der Waals surface area contributed by atoms with E-state index in [1.165, 1.54) is 0 Å². The SMILES string of the molecule is N=C1C=Cc2ccc3ccc(-c4nc(-c5ccc(-c6ccccc6)cc5)nc(-c5cccc6oc7ccccc7c56)n4)cc3c2C1=N. The van der Waals surface area contributed by atoms with Gasteiger partial charge in [-0.15, -0.1) is 0 Å². The number of allylic oxidation sites excluding steroid dienone is 1. The van der Waals surface area contributed by atoms with E-state index in [0.717, 1.165) is 71.7 Å². The van der Waals surface area contributed by atoms with E-state index < -0.39 is 0 Å². The van der Waals surface area contributed by atoms with Crippen molar-refractivity contribution < 1.29 is 4.42 Å². The van der Waals surface area contributed by atoms with Crippen LogP contribution in [0.4, 0.5) is 0 Å². The standard InChI is InChI=1S/C41H25N5O/c42-33-22-21-27-17-15-26-16-20-29(23-32(26)36(27)38(33)43)40-44-39(28-18-13-25(14-19-28)24-7-2-1-3-8-24)45-41(46-40)31-10-6-12-35-37(31)30-9-4-5-11-34(30)47-35/h1-23,42-43H.